The second kappa shape index (κ2) is 6.42. The van der Waals surface area contributed by atoms with Crippen molar-refractivity contribution in [3.05, 3.63) is 65.7 Å². The third-order valence-electron chi connectivity index (χ3n) is 3.76. The standard InChI is InChI=1S/C18H16N2O2/c19-12-13-6-8-15(9-7-13)20-17(14-4-2-1-3-5-14)18-16(21)10-11-22-18/h1-9,17-18,20H,10-11H2/t17-,18-/m0/s1. The minimum absolute atomic E-state index is 0.120. The lowest BCUT2D eigenvalue weighted by atomic mass is 9.98. The van der Waals surface area contributed by atoms with Crippen molar-refractivity contribution >= 4 is 11.5 Å². The Balaban J connectivity index is 1.88. The Morgan fingerprint density at radius 3 is 2.45 bits per heavy atom. The molecule has 4 nitrogen and oxygen atoms in total. The normalized spacial score (nSPS) is 18.7. The molecule has 1 fully saturated rings. The summed E-state index contributed by atoms with van der Waals surface area (Å²) in [5, 5.41) is 12.2. The Morgan fingerprint density at radius 1 is 1.14 bits per heavy atom. The van der Waals surface area contributed by atoms with Crippen LogP contribution in [-0.2, 0) is 9.53 Å². The molecular formula is C18H16N2O2. The van der Waals surface area contributed by atoms with E-state index in [-0.39, 0.29) is 11.8 Å². The molecule has 1 N–H and O–H groups in total. The zero-order valence-electron chi connectivity index (χ0n) is 12.0. The van der Waals surface area contributed by atoms with Gasteiger partial charge in [0.05, 0.1) is 24.3 Å². The molecule has 1 heterocycles. The van der Waals surface area contributed by atoms with Gasteiger partial charge in [-0.3, -0.25) is 4.79 Å². The Morgan fingerprint density at radius 2 is 1.86 bits per heavy atom. The van der Waals surface area contributed by atoms with Crippen LogP contribution in [0.4, 0.5) is 5.69 Å². The van der Waals surface area contributed by atoms with E-state index < -0.39 is 6.10 Å². The zero-order chi connectivity index (χ0) is 15.4. The number of anilines is 1. The highest BCUT2D eigenvalue weighted by atomic mass is 16.5. The summed E-state index contributed by atoms with van der Waals surface area (Å²) in [6, 6.07) is 18.9. The summed E-state index contributed by atoms with van der Waals surface area (Å²) in [6.45, 7) is 0.474. The van der Waals surface area contributed by atoms with Gasteiger partial charge in [0.25, 0.3) is 0 Å². The van der Waals surface area contributed by atoms with E-state index in [1.54, 1.807) is 12.1 Å². The SMILES string of the molecule is N#Cc1ccc(N[C@@H](c2ccccc2)[C@H]2OCCC2=O)cc1. The lowest BCUT2D eigenvalue weighted by Crippen LogP contribution is -2.30. The van der Waals surface area contributed by atoms with Gasteiger partial charge in [-0.1, -0.05) is 30.3 Å². The van der Waals surface area contributed by atoms with Crippen molar-refractivity contribution in [2.45, 2.75) is 18.6 Å². The van der Waals surface area contributed by atoms with Crippen LogP contribution < -0.4 is 5.32 Å². The topological polar surface area (TPSA) is 62.1 Å². The van der Waals surface area contributed by atoms with Gasteiger partial charge in [0, 0.05) is 12.1 Å². The molecule has 22 heavy (non-hydrogen) atoms. The average Bonchev–Trinajstić information content (AvgIpc) is 3.00. The van der Waals surface area contributed by atoms with E-state index in [0.29, 0.717) is 18.6 Å². The first-order chi connectivity index (χ1) is 10.8. The molecule has 110 valence electrons. The maximum Gasteiger partial charge on any atom is 0.166 e. The summed E-state index contributed by atoms with van der Waals surface area (Å²) in [4.78, 5) is 12.1. The van der Waals surface area contributed by atoms with Gasteiger partial charge in [-0.15, -0.1) is 0 Å². The Bertz CT molecular complexity index is 689. The molecule has 1 aliphatic rings. The number of nitrogens with one attached hydrogen (secondary N) is 1. The number of ketones is 1. The molecule has 0 bridgehead atoms. The predicted molar refractivity (Wildman–Crippen MR) is 83.3 cm³/mol. The van der Waals surface area contributed by atoms with Gasteiger partial charge >= 0.3 is 0 Å². The fourth-order valence-electron chi connectivity index (χ4n) is 2.62. The molecule has 0 spiro atoms. The highest BCUT2D eigenvalue weighted by molar-refractivity contribution is 5.86. The van der Waals surface area contributed by atoms with Crippen molar-refractivity contribution in [3.63, 3.8) is 0 Å². The van der Waals surface area contributed by atoms with Crippen molar-refractivity contribution in [3.8, 4) is 6.07 Å². The van der Waals surface area contributed by atoms with Crippen LogP contribution in [0, 0.1) is 11.3 Å². The smallest absolute Gasteiger partial charge is 0.166 e. The van der Waals surface area contributed by atoms with Crippen LogP contribution in [0.2, 0.25) is 0 Å². The number of nitrogens with zero attached hydrogens (tertiary/aromatic N) is 1. The summed E-state index contributed by atoms with van der Waals surface area (Å²) < 4.78 is 5.63. The maximum atomic E-state index is 12.1. The molecule has 0 aromatic heterocycles. The van der Waals surface area contributed by atoms with Gasteiger partial charge in [-0.05, 0) is 29.8 Å². The lowest BCUT2D eigenvalue weighted by molar-refractivity contribution is -0.122. The second-order valence-electron chi connectivity index (χ2n) is 5.23. The van der Waals surface area contributed by atoms with Crippen LogP contribution in [0.1, 0.15) is 23.6 Å². The number of carbonyl (C=O) groups is 1. The van der Waals surface area contributed by atoms with Crippen molar-refractivity contribution in [2.24, 2.45) is 0 Å². The minimum Gasteiger partial charge on any atom is -0.375 e. The molecule has 0 aliphatic carbocycles. The van der Waals surface area contributed by atoms with Gasteiger partial charge in [-0.25, -0.2) is 0 Å². The summed E-state index contributed by atoms with van der Waals surface area (Å²) in [7, 11) is 0. The first-order valence-corrected chi connectivity index (χ1v) is 7.24. The first-order valence-electron chi connectivity index (χ1n) is 7.24. The van der Waals surface area contributed by atoms with E-state index in [1.165, 1.54) is 0 Å². The van der Waals surface area contributed by atoms with E-state index >= 15 is 0 Å². The molecule has 1 aliphatic heterocycles. The van der Waals surface area contributed by atoms with Crippen molar-refractivity contribution in [2.75, 3.05) is 11.9 Å². The van der Waals surface area contributed by atoms with E-state index in [2.05, 4.69) is 11.4 Å². The highest BCUT2D eigenvalue weighted by Crippen LogP contribution is 2.28. The number of hydrogen-bond donors (Lipinski definition) is 1. The molecule has 4 heteroatoms. The van der Waals surface area contributed by atoms with Crippen LogP contribution in [0.25, 0.3) is 0 Å². The molecule has 0 radical (unpaired) electrons. The molecule has 3 rings (SSSR count). The average molecular weight is 292 g/mol. The first kappa shape index (κ1) is 14.3. The predicted octanol–water partition coefficient (Wildman–Crippen LogP) is 3.07. The molecule has 0 saturated carbocycles. The highest BCUT2D eigenvalue weighted by Gasteiger charge is 2.34. The van der Waals surface area contributed by atoms with Crippen LogP contribution >= 0.6 is 0 Å². The van der Waals surface area contributed by atoms with Gasteiger partial charge < -0.3 is 10.1 Å². The van der Waals surface area contributed by atoms with Gasteiger partial charge in [0.15, 0.2) is 5.78 Å². The van der Waals surface area contributed by atoms with Crippen LogP contribution in [0.3, 0.4) is 0 Å². The maximum absolute atomic E-state index is 12.1. The second-order valence-corrected chi connectivity index (χ2v) is 5.23. The van der Waals surface area contributed by atoms with Gasteiger partial charge in [0.1, 0.15) is 6.10 Å². The molecule has 1 saturated heterocycles. The molecule has 2 atom stereocenters. The number of benzene rings is 2. The number of rotatable bonds is 4. The van der Waals surface area contributed by atoms with Gasteiger partial charge in [-0.2, -0.15) is 5.26 Å². The number of Topliss-reactive ketones (excluding diaryl/α,β-unsaturated/α-hetero) is 1. The van der Waals surface area contributed by atoms with E-state index in [4.69, 9.17) is 10.00 Å². The lowest BCUT2D eigenvalue weighted by Gasteiger charge is -2.25. The monoisotopic (exact) mass is 292 g/mol. The van der Waals surface area contributed by atoms with Crippen molar-refractivity contribution in [1.29, 1.82) is 5.26 Å². The largest absolute Gasteiger partial charge is 0.375 e. The molecule has 2 aromatic carbocycles. The Kier molecular flexibility index (Phi) is 4.17. The van der Waals surface area contributed by atoms with E-state index in [0.717, 1.165) is 11.3 Å². The zero-order valence-corrected chi connectivity index (χ0v) is 12.0. The van der Waals surface area contributed by atoms with Crippen molar-refractivity contribution in [1.82, 2.24) is 0 Å². The number of carbonyl (C=O) groups excluding carboxylic acids is 1. The Hall–Kier alpha value is -2.64. The summed E-state index contributed by atoms with van der Waals surface area (Å²) >= 11 is 0. The Labute approximate surface area is 129 Å². The molecule has 0 amide bonds. The van der Waals surface area contributed by atoms with Crippen LogP contribution in [0.15, 0.2) is 54.6 Å². The summed E-state index contributed by atoms with van der Waals surface area (Å²) in [5.41, 5.74) is 2.47. The van der Waals surface area contributed by atoms with Crippen LogP contribution in [0.5, 0.6) is 0 Å². The fraction of sp³-hybridized carbons (Fsp3) is 0.222. The van der Waals surface area contributed by atoms with Gasteiger partial charge in [0.2, 0.25) is 0 Å². The van der Waals surface area contributed by atoms with Crippen molar-refractivity contribution < 1.29 is 9.53 Å². The van der Waals surface area contributed by atoms with Crippen LogP contribution in [-0.4, -0.2) is 18.5 Å². The quantitative estimate of drug-likeness (QED) is 0.940. The third-order valence-corrected chi connectivity index (χ3v) is 3.76. The number of ether oxygens (including phenoxy) is 1. The fourth-order valence-corrected chi connectivity index (χ4v) is 2.62. The number of hydrogen-bond acceptors (Lipinski definition) is 4. The van der Waals surface area contributed by atoms with E-state index in [9.17, 15) is 4.79 Å². The molecule has 2 aromatic rings. The molecular weight excluding hydrogens is 276 g/mol. The third kappa shape index (κ3) is 3.00. The minimum atomic E-state index is -0.474. The summed E-state index contributed by atoms with van der Waals surface area (Å²) in [6.07, 6.45) is -0.0127. The molecule has 0 unspecified atom stereocenters. The summed E-state index contributed by atoms with van der Waals surface area (Å²) in [5.74, 6) is 0.120. The van der Waals surface area contributed by atoms with E-state index in [1.807, 2.05) is 42.5 Å². The number of nitriles is 1.